The van der Waals surface area contributed by atoms with Gasteiger partial charge in [0.1, 0.15) is 5.82 Å². The van der Waals surface area contributed by atoms with Crippen LogP contribution in [0.15, 0.2) is 41.3 Å². The van der Waals surface area contributed by atoms with Crippen LogP contribution in [-0.2, 0) is 11.3 Å². The van der Waals surface area contributed by atoms with Crippen molar-refractivity contribution in [2.75, 3.05) is 44.6 Å². The zero-order valence-electron chi connectivity index (χ0n) is 21.0. The van der Waals surface area contributed by atoms with E-state index in [2.05, 4.69) is 15.2 Å². The molecule has 0 radical (unpaired) electrons. The Morgan fingerprint density at radius 3 is 2.19 bits per heavy atom. The molecular weight excluding hydrogens is 460 g/mol. The third-order valence-corrected chi connectivity index (χ3v) is 6.70. The van der Waals surface area contributed by atoms with Crippen LogP contribution in [-0.4, -0.2) is 87.0 Å². The lowest BCUT2D eigenvalue weighted by molar-refractivity contribution is -0.137. The number of hydrogen-bond acceptors (Lipinski definition) is 7. The van der Waals surface area contributed by atoms with Gasteiger partial charge in [0, 0.05) is 45.0 Å². The van der Waals surface area contributed by atoms with Gasteiger partial charge in [0.05, 0.1) is 11.2 Å². The van der Waals surface area contributed by atoms with Gasteiger partial charge in [0.15, 0.2) is 0 Å². The van der Waals surface area contributed by atoms with Crippen molar-refractivity contribution < 1.29 is 9.59 Å². The molecule has 0 spiro atoms. The Labute approximate surface area is 211 Å². The molecule has 3 heterocycles. The van der Waals surface area contributed by atoms with Crippen molar-refractivity contribution in [2.45, 2.75) is 44.8 Å². The van der Waals surface area contributed by atoms with Crippen LogP contribution in [0, 0.1) is 0 Å². The van der Waals surface area contributed by atoms with Crippen molar-refractivity contribution >= 4 is 17.8 Å². The molecule has 2 fully saturated rings. The van der Waals surface area contributed by atoms with Crippen LogP contribution in [0.2, 0.25) is 0 Å². The zero-order chi connectivity index (χ0) is 25.9. The Morgan fingerprint density at radius 2 is 1.61 bits per heavy atom. The van der Waals surface area contributed by atoms with Crippen LogP contribution < -0.4 is 22.5 Å². The van der Waals surface area contributed by atoms with Gasteiger partial charge in [-0.1, -0.05) is 12.1 Å². The standard InChI is InChI=1S/C25H36N8O3/c1-25(2,27)22(34)31-13-15-32(16-14-31)23(35)28-21-9-12-33(24(36)29-21)20-5-3-18(4-6-20)17-30-10-7-19(26)8-11-30/h3-6,9,12,19H,7-8,10-11,13-17,26-27H2,1-2H3,(H,28,29,35,36). The van der Waals surface area contributed by atoms with Crippen LogP contribution in [0.3, 0.4) is 0 Å². The van der Waals surface area contributed by atoms with Gasteiger partial charge in [-0.3, -0.25) is 19.6 Å². The highest BCUT2D eigenvalue weighted by Crippen LogP contribution is 2.15. The smallest absolute Gasteiger partial charge is 0.338 e. The topological polar surface area (TPSA) is 143 Å². The quantitative estimate of drug-likeness (QED) is 0.549. The molecule has 5 N–H and O–H groups in total. The van der Waals surface area contributed by atoms with Crippen molar-refractivity contribution in [3.63, 3.8) is 0 Å². The summed E-state index contributed by atoms with van der Waals surface area (Å²) in [6.45, 7) is 7.76. The maximum absolute atomic E-state index is 12.7. The summed E-state index contributed by atoms with van der Waals surface area (Å²) in [5.41, 5.74) is 12.3. The molecule has 4 rings (SSSR count). The number of piperazine rings is 1. The first-order valence-corrected chi connectivity index (χ1v) is 12.4. The zero-order valence-corrected chi connectivity index (χ0v) is 21.0. The number of piperidine rings is 1. The number of anilines is 1. The molecule has 2 saturated heterocycles. The van der Waals surface area contributed by atoms with Gasteiger partial charge in [-0.25, -0.2) is 9.59 Å². The molecule has 11 nitrogen and oxygen atoms in total. The fourth-order valence-corrected chi connectivity index (χ4v) is 4.51. The number of likely N-dealkylation sites (tertiary alicyclic amines) is 1. The summed E-state index contributed by atoms with van der Waals surface area (Å²) >= 11 is 0. The summed E-state index contributed by atoms with van der Waals surface area (Å²) < 4.78 is 1.44. The number of nitrogens with one attached hydrogen (secondary N) is 1. The van der Waals surface area contributed by atoms with Gasteiger partial charge in [0.25, 0.3) is 0 Å². The first-order chi connectivity index (χ1) is 17.1. The summed E-state index contributed by atoms with van der Waals surface area (Å²) in [5.74, 6) is 0.0415. The van der Waals surface area contributed by atoms with E-state index < -0.39 is 11.2 Å². The molecular formula is C25H36N8O3. The molecule has 1 aromatic heterocycles. The molecule has 0 aliphatic carbocycles. The largest absolute Gasteiger partial charge is 0.354 e. The molecule has 11 heteroatoms. The number of rotatable bonds is 5. The van der Waals surface area contributed by atoms with Crippen molar-refractivity contribution in [1.29, 1.82) is 0 Å². The summed E-state index contributed by atoms with van der Waals surface area (Å²) in [4.78, 5) is 47.3. The minimum Gasteiger partial charge on any atom is -0.338 e. The molecule has 0 saturated carbocycles. The molecule has 0 unspecified atom stereocenters. The fourth-order valence-electron chi connectivity index (χ4n) is 4.51. The molecule has 194 valence electrons. The van der Waals surface area contributed by atoms with Crippen molar-refractivity contribution in [3.05, 3.63) is 52.6 Å². The Hall–Kier alpha value is -3.28. The predicted octanol–water partition coefficient (Wildman–Crippen LogP) is 0.569. The Bertz CT molecular complexity index is 1130. The molecule has 2 aliphatic rings. The number of amides is 3. The maximum Gasteiger partial charge on any atom is 0.354 e. The third kappa shape index (κ3) is 6.28. The lowest BCUT2D eigenvalue weighted by atomic mass is 10.1. The molecule has 2 aromatic rings. The third-order valence-electron chi connectivity index (χ3n) is 6.70. The minimum absolute atomic E-state index is 0.142. The summed E-state index contributed by atoms with van der Waals surface area (Å²) in [6, 6.07) is 9.37. The van der Waals surface area contributed by atoms with Gasteiger partial charge in [0.2, 0.25) is 5.91 Å². The van der Waals surface area contributed by atoms with E-state index in [4.69, 9.17) is 11.5 Å². The van der Waals surface area contributed by atoms with E-state index in [1.54, 1.807) is 35.9 Å². The Morgan fingerprint density at radius 1 is 1.00 bits per heavy atom. The average molecular weight is 497 g/mol. The average Bonchev–Trinajstić information content (AvgIpc) is 2.85. The van der Waals surface area contributed by atoms with Gasteiger partial charge < -0.3 is 21.3 Å². The second kappa shape index (κ2) is 10.8. The molecule has 0 bridgehead atoms. The van der Waals surface area contributed by atoms with Gasteiger partial charge in [-0.05, 0) is 63.5 Å². The first-order valence-electron chi connectivity index (χ1n) is 12.4. The molecule has 2 aliphatic heterocycles. The summed E-state index contributed by atoms with van der Waals surface area (Å²) in [7, 11) is 0. The lowest BCUT2D eigenvalue weighted by Crippen LogP contribution is -2.58. The van der Waals surface area contributed by atoms with Gasteiger partial charge >= 0.3 is 11.7 Å². The van der Waals surface area contributed by atoms with Crippen LogP contribution in [0.5, 0.6) is 0 Å². The Balaban J connectivity index is 1.32. The minimum atomic E-state index is -0.944. The monoisotopic (exact) mass is 496 g/mol. The number of nitrogens with two attached hydrogens (primary N) is 2. The molecule has 36 heavy (non-hydrogen) atoms. The number of nitrogens with zero attached hydrogens (tertiary/aromatic N) is 5. The number of carbonyl (C=O) groups excluding carboxylic acids is 2. The molecule has 3 amide bonds. The van der Waals surface area contributed by atoms with E-state index in [1.165, 1.54) is 10.1 Å². The normalized spacial score (nSPS) is 17.8. The molecule has 0 atom stereocenters. The van der Waals surface area contributed by atoms with E-state index in [1.807, 2.05) is 24.3 Å². The van der Waals surface area contributed by atoms with Crippen molar-refractivity contribution in [3.8, 4) is 5.69 Å². The first kappa shape index (κ1) is 25.8. The van der Waals surface area contributed by atoms with Crippen molar-refractivity contribution in [2.24, 2.45) is 11.5 Å². The summed E-state index contributed by atoms with van der Waals surface area (Å²) in [6.07, 6.45) is 3.64. The van der Waals surface area contributed by atoms with Crippen molar-refractivity contribution in [1.82, 2.24) is 24.3 Å². The number of urea groups is 1. The van der Waals surface area contributed by atoms with E-state index in [9.17, 15) is 14.4 Å². The second-order valence-electron chi connectivity index (χ2n) is 10.2. The lowest BCUT2D eigenvalue weighted by Gasteiger charge is -2.37. The summed E-state index contributed by atoms with van der Waals surface area (Å²) in [5, 5.41) is 2.68. The van der Waals surface area contributed by atoms with E-state index in [0.29, 0.717) is 37.9 Å². The highest BCUT2D eigenvalue weighted by atomic mass is 16.2. The van der Waals surface area contributed by atoms with Crippen LogP contribution >= 0.6 is 0 Å². The second-order valence-corrected chi connectivity index (χ2v) is 10.2. The highest BCUT2D eigenvalue weighted by molar-refractivity contribution is 5.89. The number of benzene rings is 1. The van der Waals surface area contributed by atoms with E-state index in [0.717, 1.165) is 32.5 Å². The van der Waals surface area contributed by atoms with Crippen LogP contribution in [0.4, 0.5) is 10.6 Å². The SMILES string of the molecule is CC(C)(N)C(=O)N1CCN(C(=O)Nc2ccn(-c3ccc(CN4CCC(N)CC4)cc3)c(=O)n2)CC1. The number of carbonyl (C=O) groups is 2. The van der Waals surface area contributed by atoms with Crippen LogP contribution in [0.25, 0.3) is 5.69 Å². The van der Waals surface area contributed by atoms with E-state index >= 15 is 0 Å². The van der Waals surface area contributed by atoms with E-state index in [-0.39, 0.29) is 17.8 Å². The van der Waals surface area contributed by atoms with Gasteiger partial charge in [-0.2, -0.15) is 4.98 Å². The van der Waals surface area contributed by atoms with Crippen LogP contribution in [0.1, 0.15) is 32.3 Å². The maximum atomic E-state index is 12.7. The number of hydrogen-bond donors (Lipinski definition) is 3. The number of aromatic nitrogens is 2. The highest BCUT2D eigenvalue weighted by Gasteiger charge is 2.31. The fraction of sp³-hybridized carbons (Fsp3) is 0.520. The Kier molecular flexibility index (Phi) is 7.72. The predicted molar refractivity (Wildman–Crippen MR) is 138 cm³/mol. The molecule has 1 aromatic carbocycles. The van der Waals surface area contributed by atoms with Gasteiger partial charge in [-0.15, -0.1) is 0 Å².